The van der Waals surface area contributed by atoms with Gasteiger partial charge in [-0.15, -0.1) is 23.1 Å². The normalized spacial score (nSPS) is 13.2. The number of halogens is 1. The average molecular weight is 410 g/mol. The molecule has 26 heavy (non-hydrogen) atoms. The fourth-order valence-corrected chi connectivity index (χ4v) is 5.30. The molecule has 1 aromatic heterocycles. The predicted octanol–water partition coefficient (Wildman–Crippen LogP) is 4.94. The summed E-state index contributed by atoms with van der Waals surface area (Å²) in [6, 6.07) is 7.61. The molecule has 2 aromatic rings. The molecule has 138 valence electrons. The number of anilines is 1. The SMILES string of the molecule is COC(=O)c1c(NC(=O)CSCc2cccc(Cl)c2)sc2c1CCCC2. The number of benzene rings is 1. The second kappa shape index (κ2) is 8.93. The van der Waals surface area contributed by atoms with E-state index in [2.05, 4.69) is 5.32 Å². The minimum Gasteiger partial charge on any atom is -0.465 e. The molecular weight excluding hydrogens is 390 g/mol. The number of amides is 1. The molecule has 0 saturated carbocycles. The summed E-state index contributed by atoms with van der Waals surface area (Å²) in [6.07, 6.45) is 4.02. The van der Waals surface area contributed by atoms with Gasteiger partial charge in [0.05, 0.1) is 18.4 Å². The zero-order valence-electron chi connectivity index (χ0n) is 14.5. The topological polar surface area (TPSA) is 55.4 Å². The Hall–Kier alpha value is -1.50. The smallest absolute Gasteiger partial charge is 0.341 e. The fourth-order valence-electron chi connectivity index (χ4n) is 3.02. The number of ether oxygens (including phenoxy) is 1. The summed E-state index contributed by atoms with van der Waals surface area (Å²) in [5.41, 5.74) is 2.67. The zero-order chi connectivity index (χ0) is 18.5. The highest BCUT2D eigenvalue weighted by Gasteiger charge is 2.26. The van der Waals surface area contributed by atoms with Gasteiger partial charge in [-0.25, -0.2) is 4.79 Å². The summed E-state index contributed by atoms with van der Waals surface area (Å²) >= 11 is 8.99. The Morgan fingerprint density at radius 2 is 2.12 bits per heavy atom. The van der Waals surface area contributed by atoms with E-state index in [0.29, 0.717) is 27.1 Å². The lowest BCUT2D eigenvalue weighted by atomic mass is 9.95. The van der Waals surface area contributed by atoms with E-state index in [1.165, 1.54) is 35.1 Å². The molecule has 1 amide bonds. The van der Waals surface area contributed by atoms with Gasteiger partial charge in [0, 0.05) is 15.7 Å². The van der Waals surface area contributed by atoms with Crippen molar-refractivity contribution in [2.75, 3.05) is 18.2 Å². The van der Waals surface area contributed by atoms with Gasteiger partial charge in [0.1, 0.15) is 5.00 Å². The maximum absolute atomic E-state index is 12.3. The van der Waals surface area contributed by atoms with E-state index in [-0.39, 0.29) is 11.9 Å². The van der Waals surface area contributed by atoms with E-state index in [9.17, 15) is 9.59 Å². The summed E-state index contributed by atoms with van der Waals surface area (Å²) in [5.74, 6) is 0.543. The summed E-state index contributed by atoms with van der Waals surface area (Å²) < 4.78 is 4.93. The van der Waals surface area contributed by atoms with Crippen LogP contribution < -0.4 is 5.32 Å². The number of hydrogen-bond acceptors (Lipinski definition) is 5. The van der Waals surface area contributed by atoms with Gasteiger partial charge in [-0.1, -0.05) is 23.7 Å². The Morgan fingerprint density at radius 3 is 2.88 bits per heavy atom. The molecule has 0 fully saturated rings. The molecule has 1 aliphatic carbocycles. The van der Waals surface area contributed by atoms with Crippen molar-refractivity contribution in [2.24, 2.45) is 0 Å². The van der Waals surface area contributed by atoms with Crippen molar-refractivity contribution in [3.63, 3.8) is 0 Å². The van der Waals surface area contributed by atoms with Crippen LogP contribution in [0.25, 0.3) is 0 Å². The Morgan fingerprint density at radius 1 is 1.31 bits per heavy atom. The highest BCUT2D eigenvalue weighted by Crippen LogP contribution is 2.38. The minimum atomic E-state index is -0.369. The molecule has 0 atom stereocenters. The Balaban J connectivity index is 1.63. The lowest BCUT2D eigenvalue weighted by molar-refractivity contribution is -0.113. The maximum Gasteiger partial charge on any atom is 0.341 e. The molecule has 0 spiro atoms. The first kappa shape index (κ1) is 19.3. The van der Waals surface area contributed by atoms with Crippen LogP contribution in [-0.4, -0.2) is 24.7 Å². The third kappa shape index (κ3) is 4.61. The molecule has 7 heteroatoms. The van der Waals surface area contributed by atoms with Crippen molar-refractivity contribution in [1.29, 1.82) is 0 Å². The van der Waals surface area contributed by atoms with E-state index in [4.69, 9.17) is 16.3 Å². The number of esters is 1. The Bertz CT molecular complexity index is 819. The average Bonchev–Trinajstić information content (AvgIpc) is 2.99. The van der Waals surface area contributed by atoms with Crippen LogP contribution in [0.15, 0.2) is 24.3 Å². The van der Waals surface area contributed by atoms with Crippen LogP contribution in [0.5, 0.6) is 0 Å². The molecule has 4 nitrogen and oxygen atoms in total. The number of carbonyl (C=O) groups is 2. The van der Waals surface area contributed by atoms with Gasteiger partial charge < -0.3 is 10.1 Å². The van der Waals surface area contributed by atoms with Gasteiger partial charge in [0.2, 0.25) is 5.91 Å². The van der Waals surface area contributed by atoms with Crippen LogP contribution in [0.1, 0.15) is 39.2 Å². The zero-order valence-corrected chi connectivity index (χ0v) is 16.9. The molecule has 0 unspecified atom stereocenters. The molecule has 0 radical (unpaired) electrons. The number of thiophene rings is 1. The minimum absolute atomic E-state index is 0.110. The second-order valence-corrected chi connectivity index (χ2v) is 8.60. The van der Waals surface area contributed by atoms with E-state index >= 15 is 0 Å². The third-order valence-electron chi connectivity index (χ3n) is 4.20. The molecule has 3 rings (SSSR count). The van der Waals surface area contributed by atoms with Crippen molar-refractivity contribution in [3.05, 3.63) is 50.9 Å². The Kier molecular flexibility index (Phi) is 6.62. The van der Waals surface area contributed by atoms with Crippen molar-refractivity contribution < 1.29 is 14.3 Å². The first-order chi connectivity index (χ1) is 12.6. The summed E-state index contributed by atoms with van der Waals surface area (Å²) in [5, 5.41) is 4.23. The molecule has 1 heterocycles. The van der Waals surface area contributed by atoms with Crippen LogP contribution in [0.3, 0.4) is 0 Å². The third-order valence-corrected chi connectivity index (χ3v) is 6.65. The van der Waals surface area contributed by atoms with Gasteiger partial charge in [-0.05, 0) is 48.9 Å². The molecule has 1 aromatic carbocycles. The van der Waals surface area contributed by atoms with Gasteiger partial charge in [-0.2, -0.15) is 0 Å². The van der Waals surface area contributed by atoms with Crippen molar-refractivity contribution in [3.8, 4) is 0 Å². The van der Waals surface area contributed by atoms with Gasteiger partial charge in [0.25, 0.3) is 0 Å². The second-order valence-electron chi connectivity index (χ2n) is 6.08. The predicted molar refractivity (Wildman–Crippen MR) is 109 cm³/mol. The lowest BCUT2D eigenvalue weighted by Gasteiger charge is -2.11. The van der Waals surface area contributed by atoms with Crippen LogP contribution >= 0.6 is 34.7 Å². The summed E-state index contributed by atoms with van der Waals surface area (Å²) in [4.78, 5) is 25.7. The number of methoxy groups -OCH3 is 1. The highest BCUT2D eigenvalue weighted by atomic mass is 35.5. The molecule has 1 aliphatic rings. The molecule has 0 saturated heterocycles. The highest BCUT2D eigenvalue weighted by molar-refractivity contribution is 7.99. The quantitative estimate of drug-likeness (QED) is 0.686. The first-order valence-corrected chi connectivity index (χ1v) is 10.8. The van der Waals surface area contributed by atoms with Crippen molar-refractivity contribution >= 4 is 51.6 Å². The first-order valence-electron chi connectivity index (χ1n) is 8.43. The number of carbonyl (C=O) groups excluding carboxylic acids is 2. The van der Waals surface area contributed by atoms with Crippen LogP contribution in [0.4, 0.5) is 5.00 Å². The standard InChI is InChI=1S/C19H20ClNO3S2/c1-24-19(23)17-14-7-2-3-8-15(14)26-18(17)21-16(22)11-25-10-12-5-4-6-13(20)9-12/h4-6,9H,2-3,7-8,10-11H2,1H3,(H,21,22). The van der Waals surface area contributed by atoms with Crippen LogP contribution in [0, 0.1) is 0 Å². The number of thioether (sulfide) groups is 1. The number of hydrogen-bond donors (Lipinski definition) is 1. The van der Waals surface area contributed by atoms with Gasteiger partial charge >= 0.3 is 5.97 Å². The van der Waals surface area contributed by atoms with Crippen molar-refractivity contribution in [2.45, 2.75) is 31.4 Å². The molecule has 0 aliphatic heterocycles. The van der Waals surface area contributed by atoms with E-state index in [0.717, 1.165) is 36.8 Å². The largest absolute Gasteiger partial charge is 0.465 e. The van der Waals surface area contributed by atoms with E-state index < -0.39 is 0 Å². The van der Waals surface area contributed by atoms with Crippen LogP contribution in [-0.2, 0) is 28.1 Å². The van der Waals surface area contributed by atoms with E-state index in [1.54, 1.807) is 0 Å². The molecule has 0 bridgehead atoms. The van der Waals surface area contributed by atoms with Gasteiger partial charge in [-0.3, -0.25) is 4.79 Å². The van der Waals surface area contributed by atoms with Gasteiger partial charge in [0.15, 0.2) is 0 Å². The lowest BCUT2D eigenvalue weighted by Crippen LogP contribution is -2.16. The molecular formula is C19H20ClNO3S2. The number of rotatable bonds is 6. The number of nitrogens with one attached hydrogen (secondary N) is 1. The van der Waals surface area contributed by atoms with Crippen molar-refractivity contribution in [1.82, 2.24) is 0 Å². The summed E-state index contributed by atoms with van der Waals surface area (Å²) in [6.45, 7) is 0. The maximum atomic E-state index is 12.3. The number of aryl methyl sites for hydroxylation is 1. The molecule has 1 N–H and O–H groups in total. The summed E-state index contributed by atoms with van der Waals surface area (Å²) in [7, 11) is 1.38. The van der Waals surface area contributed by atoms with Crippen LogP contribution in [0.2, 0.25) is 5.02 Å². The fraction of sp³-hybridized carbons (Fsp3) is 0.368. The Labute approximate surface area is 166 Å². The number of fused-ring (bicyclic) bond motifs is 1. The van der Waals surface area contributed by atoms with E-state index in [1.807, 2.05) is 24.3 Å². The monoisotopic (exact) mass is 409 g/mol.